The fourth-order valence-electron chi connectivity index (χ4n) is 4.02. The van der Waals surface area contributed by atoms with E-state index in [2.05, 4.69) is 41.3 Å². The molecular formula is C24H28N4O3. The van der Waals surface area contributed by atoms with Crippen molar-refractivity contribution in [1.29, 1.82) is 0 Å². The van der Waals surface area contributed by atoms with E-state index >= 15 is 0 Å². The number of aryl methyl sites for hydroxylation is 3. The molecule has 0 saturated carbocycles. The highest BCUT2D eigenvalue weighted by molar-refractivity contribution is 6.01. The summed E-state index contributed by atoms with van der Waals surface area (Å²) in [6.07, 6.45) is 0.806. The van der Waals surface area contributed by atoms with Crippen LogP contribution in [0.3, 0.4) is 0 Å². The summed E-state index contributed by atoms with van der Waals surface area (Å²) in [6, 6.07) is 9.87. The summed E-state index contributed by atoms with van der Waals surface area (Å²) in [6.45, 7) is 6.94. The first-order chi connectivity index (χ1) is 14.9. The van der Waals surface area contributed by atoms with E-state index in [1.807, 2.05) is 25.1 Å². The van der Waals surface area contributed by atoms with Crippen LogP contribution < -0.4 is 15.0 Å². The van der Waals surface area contributed by atoms with Gasteiger partial charge in [0.15, 0.2) is 0 Å². The van der Waals surface area contributed by atoms with Gasteiger partial charge < -0.3 is 19.9 Å². The first kappa shape index (κ1) is 20.9. The van der Waals surface area contributed by atoms with E-state index in [4.69, 9.17) is 4.74 Å². The van der Waals surface area contributed by atoms with Gasteiger partial charge in [-0.15, -0.1) is 0 Å². The largest absolute Gasteiger partial charge is 0.495 e. The Bertz CT molecular complexity index is 1110. The first-order valence-corrected chi connectivity index (χ1v) is 10.5. The highest BCUT2D eigenvalue weighted by atomic mass is 16.5. The number of imidazole rings is 1. The lowest BCUT2D eigenvalue weighted by Gasteiger charge is -2.20. The smallest absolute Gasteiger partial charge is 0.227 e. The molecule has 7 heteroatoms. The highest BCUT2D eigenvalue weighted by Crippen LogP contribution is 2.33. The molecule has 1 fully saturated rings. The normalized spacial score (nSPS) is 16.2. The number of nitrogens with one attached hydrogen (secondary N) is 2. The third kappa shape index (κ3) is 4.26. The van der Waals surface area contributed by atoms with Gasteiger partial charge >= 0.3 is 0 Å². The number of carbonyl (C=O) groups excluding carboxylic acids is 2. The molecule has 2 amide bonds. The summed E-state index contributed by atoms with van der Waals surface area (Å²) in [5, 5.41) is 2.96. The Morgan fingerprint density at radius 2 is 2.00 bits per heavy atom. The number of aromatic amines is 1. The molecule has 0 bridgehead atoms. The van der Waals surface area contributed by atoms with Crippen molar-refractivity contribution in [3.63, 3.8) is 0 Å². The molecule has 1 aliphatic rings. The Morgan fingerprint density at radius 3 is 2.77 bits per heavy atom. The molecule has 3 aromatic rings. The fourth-order valence-corrected chi connectivity index (χ4v) is 4.02. The predicted molar refractivity (Wildman–Crippen MR) is 120 cm³/mol. The lowest BCUT2D eigenvalue weighted by atomic mass is 10.1. The Labute approximate surface area is 181 Å². The lowest BCUT2D eigenvalue weighted by molar-refractivity contribution is -0.126. The molecule has 0 spiro atoms. The van der Waals surface area contributed by atoms with Crippen LogP contribution in [0.2, 0.25) is 0 Å². The van der Waals surface area contributed by atoms with Crippen molar-refractivity contribution >= 4 is 28.5 Å². The highest BCUT2D eigenvalue weighted by Gasteiger charge is 2.36. The number of fused-ring (bicyclic) bond motifs is 1. The van der Waals surface area contributed by atoms with Crippen LogP contribution in [0.4, 0.5) is 5.69 Å². The number of hydrogen-bond acceptors (Lipinski definition) is 4. The summed E-state index contributed by atoms with van der Waals surface area (Å²) in [7, 11) is 1.58. The van der Waals surface area contributed by atoms with E-state index in [1.165, 1.54) is 11.1 Å². The van der Waals surface area contributed by atoms with Gasteiger partial charge in [0, 0.05) is 25.9 Å². The van der Waals surface area contributed by atoms with Gasteiger partial charge in [0.25, 0.3) is 0 Å². The van der Waals surface area contributed by atoms with Gasteiger partial charge in [-0.1, -0.05) is 6.07 Å². The zero-order valence-corrected chi connectivity index (χ0v) is 18.4. The molecule has 1 aromatic heterocycles. The molecule has 1 saturated heterocycles. The maximum Gasteiger partial charge on any atom is 0.227 e. The van der Waals surface area contributed by atoms with Crippen LogP contribution >= 0.6 is 0 Å². The molecule has 2 aromatic carbocycles. The van der Waals surface area contributed by atoms with Crippen LogP contribution in [-0.2, 0) is 16.0 Å². The second-order valence-electron chi connectivity index (χ2n) is 8.26. The summed E-state index contributed by atoms with van der Waals surface area (Å²) in [4.78, 5) is 34.9. The van der Waals surface area contributed by atoms with Crippen LogP contribution in [0, 0.1) is 26.7 Å². The SMILES string of the molecule is COc1ccc(C)cc1N1C[C@H](C(=O)NCCc2nc3cc(C)c(C)cc3[nH]2)CC1=O. The van der Waals surface area contributed by atoms with E-state index in [0.717, 1.165) is 28.1 Å². The second kappa shape index (κ2) is 8.41. The average molecular weight is 421 g/mol. The monoisotopic (exact) mass is 420 g/mol. The van der Waals surface area contributed by atoms with Crippen molar-refractivity contribution in [2.75, 3.05) is 25.1 Å². The van der Waals surface area contributed by atoms with Gasteiger partial charge in [-0.05, 0) is 61.7 Å². The maximum atomic E-state index is 12.7. The molecule has 0 radical (unpaired) electrons. The molecule has 2 heterocycles. The quantitative estimate of drug-likeness (QED) is 0.641. The minimum Gasteiger partial charge on any atom is -0.495 e. The number of carbonyl (C=O) groups is 2. The van der Waals surface area contributed by atoms with Crippen molar-refractivity contribution in [2.45, 2.75) is 33.6 Å². The number of benzene rings is 2. The first-order valence-electron chi connectivity index (χ1n) is 10.5. The number of anilines is 1. The second-order valence-corrected chi connectivity index (χ2v) is 8.26. The van der Waals surface area contributed by atoms with Crippen LogP contribution in [0.1, 0.15) is 28.9 Å². The van der Waals surface area contributed by atoms with Crippen LogP contribution in [-0.4, -0.2) is 42.0 Å². The molecule has 2 N–H and O–H groups in total. The van der Waals surface area contributed by atoms with Gasteiger partial charge in [0.2, 0.25) is 11.8 Å². The van der Waals surface area contributed by atoms with E-state index in [9.17, 15) is 9.59 Å². The fraction of sp³-hybridized carbons (Fsp3) is 0.375. The van der Waals surface area contributed by atoms with Crippen molar-refractivity contribution < 1.29 is 14.3 Å². The summed E-state index contributed by atoms with van der Waals surface area (Å²) < 4.78 is 5.41. The van der Waals surface area contributed by atoms with Crippen molar-refractivity contribution in [3.8, 4) is 5.75 Å². The Balaban J connectivity index is 1.36. The van der Waals surface area contributed by atoms with E-state index in [-0.39, 0.29) is 24.2 Å². The Morgan fingerprint density at radius 1 is 1.23 bits per heavy atom. The molecule has 1 aliphatic heterocycles. The minimum atomic E-state index is -0.376. The van der Waals surface area contributed by atoms with Gasteiger partial charge in [-0.2, -0.15) is 0 Å². The summed E-state index contributed by atoms with van der Waals surface area (Å²) in [5.41, 5.74) is 6.13. The molecule has 1 atom stereocenters. The van der Waals surface area contributed by atoms with E-state index in [1.54, 1.807) is 12.0 Å². The lowest BCUT2D eigenvalue weighted by Crippen LogP contribution is -2.34. The van der Waals surface area contributed by atoms with Crippen molar-refractivity contribution in [3.05, 3.63) is 52.8 Å². The van der Waals surface area contributed by atoms with Crippen LogP contribution in [0.15, 0.2) is 30.3 Å². The number of amides is 2. The Hall–Kier alpha value is -3.35. The molecule has 0 unspecified atom stereocenters. The topological polar surface area (TPSA) is 87.3 Å². The molecule has 7 nitrogen and oxygen atoms in total. The van der Waals surface area contributed by atoms with E-state index < -0.39 is 0 Å². The average Bonchev–Trinajstić information content (AvgIpc) is 3.31. The molecule has 0 aliphatic carbocycles. The number of rotatable bonds is 6. The minimum absolute atomic E-state index is 0.0629. The zero-order valence-electron chi connectivity index (χ0n) is 18.4. The van der Waals surface area contributed by atoms with Crippen molar-refractivity contribution in [2.24, 2.45) is 5.92 Å². The Kier molecular flexibility index (Phi) is 5.67. The summed E-state index contributed by atoms with van der Waals surface area (Å²) in [5.74, 6) is 0.931. The van der Waals surface area contributed by atoms with Gasteiger partial charge in [-0.25, -0.2) is 4.98 Å². The third-order valence-corrected chi connectivity index (χ3v) is 5.93. The number of aromatic nitrogens is 2. The maximum absolute atomic E-state index is 12.7. The molecule has 4 rings (SSSR count). The number of ether oxygens (including phenoxy) is 1. The molecular weight excluding hydrogens is 392 g/mol. The van der Waals surface area contributed by atoms with Gasteiger partial charge in [0.1, 0.15) is 11.6 Å². The van der Waals surface area contributed by atoms with Crippen LogP contribution in [0.25, 0.3) is 11.0 Å². The zero-order chi connectivity index (χ0) is 22.1. The number of H-pyrrole nitrogens is 1. The van der Waals surface area contributed by atoms with Crippen molar-refractivity contribution in [1.82, 2.24) is 15.3 Å². The molecule has 162 valence electrons. The van der Waals surface area contributed by atoms with Gasteiger partial charge in [-0.3, -0.25) is 9.59 Å². The predicted octanol–water partition coefficient (Wildman–Crippen LogP) is 3.21. The van der Waals surface area contributed by atoms with E-state index in [0.29, 0.717) is 25.3 Å². The number of hydrogen-bond donors (Lipinski definition) is 2. The summed E-state index contributed by atoms with van der Waals surface area (Å²) >= 11 is 0. The number of methoxy groups -OCH3 is 1. The van der Waals surface area contributed by atoms with Gasteiger partial charge in [0.05, 0.1) is 29.7 Å². The number of nitrogens with zero attached hydrogens (tertiary/aromatic N) is 2. The van der Waals surface area contributed by atoms with Crippen LogP contribution in [0.5, 0.6) is 5.75 Å². The standard InChI is InChI=1S/C24H28N4O3/c1-14-5-6-21(31-4)20(9-14)28-13-17(12-23(28)29)24(30)25-8-7-22-26-18-10-15(2)16(3)11-19(18)27-22/h5-6,9-11,17H,7-8,12-13H2,1-4H3,(H,25,30)(H,26,27)/t17-/m1/s1. The molecule has 31 heavy (non-hydrogen) atoms. The third-order valence-electron chi connectivity index (χ3n) is 5.93.